The second-order valence-corrected chi connectivity index (χ2v) is 20.5. The van der Waals surface area contributed by atoms with Gasteiger partial charge in [-0.1, -0.05) is 152 Å². The molecule has 0 saturated heterocycles. The van der Waals surface area contributed by atoms with Gasteiger partial charge in [-0.2, -0.15) is 0 Å². The Kier molecular flexibility index (Phi) is 11.2. The molecule has 9 heteroatoms. The topological polar surface area (TPSA) is 32.8 Å². The first-order chi connectivity index (χ1) is 37.8. The molecule has 0 N–H and O–H groups in total. The Balaban J connectivity index is 1.24. The number of hydrogen-bond donors (Lipinski definition) is 0. The Morgan fingerprint density at radius 2 is 0.962 bits per heavy atom. The monoisotopic (exact) mass is 1020 g/mol. The van der Waals surface area contributed by atoms with Gasteiger partial charge in [0.05, 0.1) is 63.7 Å². The van der Waals surface area contributed by atoms with Crippen LogP contribution in [-0.4, -0.2) is 10.4 Å². The molecule has 0 radical (unpaired) electrons. The fraction of sp³-hybridized carbons (Fsp3) is 0.101. The number of ketones is 1. The van der Waals surface area contributed by atoms with E-state index in [1.54, 1.807) is 39.8 Å². The van der Waals surface area contributed by atoms with Crippen LogP contribution in [0.3, 0.4) is 0 Å². The molecule has 11 aromatic rings. The third kappa shape index (κ3) is 7.38. The van der Waals surface area contributed by atoms with E-state index in [0.29, 0.717) is 44.6 Å². The Bertz CT molecular complexity index is 4190. The minimum atomic E-state index is -4.24. The summed E-state index contributed by atoms with van der Waals surface area (Å²) in [5.74, 6) is -9.42. The van der Waals surface area contributed by atoms with Gasteiger partial charge in [-0.25, -0.2) is 22.4 Å². The fourth-order valence-electron chi connectivity index (χ4n) is 12.4. The van der Waals surface area contributed by atoms with Crippen LogP contribution < -0.4 is 9.80 Å². The molecule has 1 aliphatic carbocycles. The van der Waals surface area contributed by atoms with Crippen LogP contribution >= 0.6 is 0 Å². The number of rotatable bonds is 8. The van der Waals surface area contributed by atoms with Gasteiger partial charge in [-0.05, 0) is 138 Å². The van der Waals surface area contributed by atoms with Gasteiger partial charge in [0.1, 0.15) is 0 Å². The average molecular weight is 1030 g/mol. The standard InChI is InChI=1S/C69H48F4N4O/c1-41-19-17-20-42(2)59(41)48-32-35-55-57(38-48)75(50-27-13-8-14-28-50)58-39-49(60-43(3)21-18-22-44(60)4)33-36-56(58)77(55)66-64(74-5)61(67(78)46-25-11-7-12-26-46)62-63(69(72,73)40-68(62,70)71)65(66)76-53-30-16-15-29-51(53)52-37-47(31-34-54(52)76)45-23-9-6-10-24-45/h6-39H,40H2,1-4H3. The summed E-state index contributed by atoms with van der Waals surface area (Å²) in [5.41, 5.74) is 9.71. The second kappa shape index (κ2) is 18.1. The van der Waals surface area contributed by atoms with Gasteiger partial charge in [0, 0.05) is 33.2 Å². The number of carbonyl (C=O) groups is 1. The van der Waals surface area contributed by atoms with Crippen molar-refractivity contribution >= 4 is 67.4 Å². The van der Waals surface area contributed by atoms with Crippen molar-refractivity contribution < 1.29 is 22.4 Å². The lowest BCUT2D eigenvalue weighted by Gasteiger charge is -2.42. The molecule has 0 bridgehead atoms. The first-order valence-electron chi connectivity index (χ1n) is 25.9. The fourth-order valence-corrected chi connectivity index (χ4v) is 12.4. The highest BCUT2D eigenvalue weighted by molar-refractivity contribution is 6.20. The van der Waals surface area contributed by atoms with E-state index in [1.807, 2.05) is 127 Å². The predicted molar refractivity (Wildman–Crippen MR) is 308 cm³/mol. The van der Waals surface area contributed by atoms with Gasteiger partial charge in [0.25, 0.3) is 11.8 Å². The van der Waals surface area contributed by atoms with E-state index in [2.05, 4.69) is 73.8 Å². The quantitative estimate of drug-likeness (QED) is 0.0864. The summed E-state index contributed by atoms with van der Waals surface area (Å²) in [5, 5.41) is 1.36. The molecule has 378 valence electrons. The number of aromatic nitrogens is 1. The number of para-hydroxylation sites is 2. The van der Waals surface area contributed by atoms with Crippen molar-refractivity contribution in [1.29, 1.82) is 0 Å². The first kappa shape index (κ1) is 48.1. The number of carbonyl (C=O) groups excluding carboxylic acids is 1. The molecule has 2 aliphatic rings. The van der Waals surface area contributed by atoms with Crippen LogP contribution in [0.1, 0.15) is 55.7 Å². The van der Waals surface area contributed by atoms with Crippen LogP contribution in [0.5, 0.6) is 0 Å². The van der Waals surface area contributed by atoms with Crippen LogP contribution in [0.15, 0.2) is 206 Å². The molecule has 0 unspecified atom stereocenters. The van der Waals surface area contributed by atoms with Gasteiger partial charge in [-0.15, -0.1) is 0 Å². The third-order valence-electron chi connectivity index (χ3n) is 15.7. The third-order valence-corrected chi connectivity index (χ3v) is 15.7. The van der Waals surface area contributed by atoms with E-state index >= 15 is 22.4 Å². The van der Waals surface area contributed by atoms with Crippen LogP contribution in [0, 0.1) is 34.3 Å². The van der Waals surface area contributed by atoms with Gasteiger partial charge in [0.15, 0.2) is 5.78 Å². The van der Waals surface area contributed by atoms with Crippen molar-refractivity contribution in [3.8, 4) is 39.1 Å². The van der Waals surface area contributed by atoms with E-state index in [0.717, 1.165) is 61.3 Å². The lowest BCUT2D eigenvalue weighted by atomic mass is 9.88. The number of fused-ring (bicyclic) bond motifs is 6. The second-order valence-electron chi connectivity index (χ2n) is 20.5. The first-order valence-corrected chi connectivity index (χ1v) is 25.9. The van der Waals surface area contributed by atoms with Crippen molar-refractivity contribution in [3.05, 3.63) is 262 Å². The number of anilines is 6. The maximum Gasteiger partial charge on any atom is 0.281 e. The molecule has 0 spiro atoms. The maximum atomic E-state index is 18.0. The van der Waals surface area contributed by atoms with E-state index in [9.17, 15) is 6.57 Å². The molecular formula is C69H48F4N4O. The number of aryl methyl sites for hydroxylation is 4. The van der Waals surface area contributed by atoms with Crippen LogP contribution in [0.2, 0.25) is 0 Å². The normalized spacial score (nSPS) is 14.0. The summed E-state index contributed by atoms with van der Waals surface area (Å²) in [4.78, 5) is 23.5. The highest BCUT2D eigenvalue weighted by Crippen LogP contribution is 2.65. The highest BCUT2D eigenvalue weighted by Gasteiger charge is 2.60. The van der Waals surface area contributed by atoms with Crippen molar-refractivity contribution in [2.45, 2.75) is 46.0 Å². The van der Waals surface area contributed by atoms with Gasteiger partial charge < -0.3 is 14.4 Å². The van der Waals surface area contributed by atoms with Crippen LogP contribution in [0.25, 0.3) is 65.7 Å². The Morgan fingerprint density at radius 3 is 1.54 bits per heavy atom. The van der Waals surface area contributed by atoms with E-state index < -0.39 is 46.4 Å². The number of nitrogens with zero attached hydrogens (tertiary/aromatic N) is 4. The molecule has 10 aromatic carbocycles. The molecule has 0 fully saturated rings. The summed E-state index contributed by atoms with van der Waals surface area (Å²) in [6.45, 7) is 17.5. The molecule has 1 aromatic heterocycles. The van der Waals surface area contributed by atoms with Gasteiger partial charge in [0.2, 0.25) is 5.69 Å². The Hall–Kier alpha value is -9.52. The van der Waals surface area contributed by atoms with Crippen LogP contribution in [-0.2, 0) is 11.8 Å². The minimum Gasteiger partial charge on any atom is -0.314 e. The molecule has 2 heterocycles. The lowest BCUT2D eigenvalue weighted by molar-refractivity contribution is -0.0925. The van der Waals surface area contributed by atoms with E-state index in [-0.39, 0.29) is 16.9 Å². The SMILES string of the molecule is [C-]#[N+]c1c(C(=O)c2ccccc2)c2c(c(-n3c4ccccc4c4cc(-c5ccccc5)ccc43)c1N1c3ccc(-c4c(C)cccc4C)cc3N(c3ccccc3)c3cc(-c4c(C)cccc4C)ccc31)C(F)(F)CC2(F)F. The molecule has 78 heavy (non-hydrogen) atoms. The molecule has 0 atom stereocenters. The zero-order valence-corrected chi connectivity index (χ0v) is 43.0. The Labute approximate surface area is 449 Å². The number of benzene rings is 10. The smallest absolute Gasteiger partial charge is 0.281 e. The van der Waals surface area contributed by atoms with Gasteiger partial charge >= 0.3 is 0 Å². The summed E-state index contributed by atoms with van der Waals surface area (Å²) in [7, 11) is 0. The average Bonchev–Trinajstić information content (AvgIpc) is 3.08. The highest BCUT2D eigenvalue weighted by atomic mass is 19.3. The lowest BCUT2D eigenvalue weighted by Crippen LogP contribution is -2.27. The molecule has 0 saturated carbocycles. The number of hydrogen-bond acceptors (Lipinski definition) is 3. The zero-order chi connectivity index (χ0) is 53.8. The van der Waals surface area contributed by atoms with Crippen LogP contribution in [0.4, 0.5) is 57.4 Å². The van der Waals surface area contributed by atoms with E-state index in [4.69, 9.17) is 0 Å². The summed E-state index contributed by atoms with van der Waals surface area (Å²) >= 11 is 0. The minimum absolute atomic E-state index is 0.0224. The summed E-state index contributed by atoms with van der Waals surface area (Å²) in [6.07, 6.45) is -1.90. The largest absolute Gasteiger partial charge is 0.314 e. The van der Waals surface area contributed by atoms with Crippen molar-refractivity contribution in [1.82, 2.24) is 4.57 Å². The molecule has 1 aliphatic heterocycles. The number of halogens is 4. The molecular weight excluding hydrogens is 977 g/mol. The number of alkyl halides is 4. The zero-order valence-electron chi connectivity index (χ0n) is 43.0. The summed E-state index contributed by atoms with van der Waals surface area (Å²) < 4.78 is 72.5. The summed E-state index contributed by atoms with van der Waals surface area (Å²) in [6, 6.07) is 64.7. The van der Waals surface area contributed by atoms with Gasteiger partial charge in [-0.3, -0.25) is 4.79 Å². The van der Waals surface area contributed by atoms with E-state index in [1.165, 1.54) is 12.1 Å². The Morgan fingerprint density at radius 1 is 0.462 bits per heavy atom. The van der Waals surface area contributed by atoms with Crippen molar-refractivity contribution in [2.75, 3.05) is 9.80 Å². The molecule has 13 rings (SSSR count). The molecule has 5 nitrogen and oxygen atoms in total. The van der Waals surface area contributed by atoms with Crippen molar-refractivity contribution in [2.24, 2.45) is 0 Å². The predicted octanol–water partition coefficient (Wildman–Crippen LogP) is 19.6. The van der Waals surface area contributed by atoms with Crippen molar-refractivity contribution in [3.63, 3.8) is 0 Å². The molecule has 0 amide bonds. The maximum absolute atomic E-state index is 18.0.